The molecule has 17 heavy (non-hydrogen) atoms. The predicted molar refractivity (Wildman–Crippen MR) is 64.8 cm³/mol. The van der Waals surface area contributed by atoms with Crippen molar-refractivity contribution in [2.75, 3.05) is 6.54 Å². The lowest BCUT2D eigenvalue weighted by atomic mass is 10.1. The van der Waals surface area contributed by atoms with E-state index in [2.05, 4.69) is 24.1 Å². The van der Waals surface area contributed by atoms with E-state index in [9.17, 15) is 4.79 Å². The van der Waals surface area contributed by atoms with Crippen molar-refractivity contribution >= 4 is 5.97 Å². The van der Waals surface area contributed by atoms with Crippen LogP contribution in [0.2, 0.25) is 0 Å². The maximum absolute atomic E-state index is 10.7. The highest BCUT2D eigenvalue weighted by molar-refractivity contribution is 5.85. The van der Waals surface area contributed by atoms with Crippen molar-refractivity contribution in [1.82, 2.24) is 10.3 Å². The van der Waals surface area contributed by atoms with Crippen LogP contribution in [0.25, 0.3) is 0 Å². The monoisotopic (exact) mass is 234 g/mol. The number of pyridine rings is 1. The van der Waals surface area contributed by atoms with E-state index in [1.54, 1.807) is 6.07 Å². The largest absolute Gasteiger partial charge is 0.477 e. The fraction of sp³-hybridized carbons (Fsp3) is 0.538. The third-order valence-electron chi connectivity index (χ3n) is 3.44. The maximum Gasteiger partial charge on any atom is 0.354 e. The van der Waals surface area contributed by atoms with Crippen LogP contribution in [0.3, 0.4) is 0 Å². The van der Waals surface area contributed by atoms with E-state index in [1.807, 2.05) is 6.07 Å². The zero-order valence-corrected chi connectivity index (χ0v) is 10.2. The number of nitrogens with zero attached hydrogens (tertiary/aromatic N) is 1. The summed E-state index contributed by atoms with van der Waals surface area (Å²) in [5, 5.41) is 12.1. The molecule has 1 aromatic heterocycles. The van der Waals surface area contributed by atoms with Crippen molar-refractivity contribution in [1.29, 1.82) is 0 Å². The molecule has 92 valence electrons. The molecule has 1 aliphatic carbocycles. The third kappa shape index (κ3) is 3.03. The minimum Gasteiger partial charge on any atom is -0.477 e. The SMILES string of the molecule is CC1(C)CC1CNCc1cccc(C(=O)O)n1. The van der Waals surface area contributed by atoms with Gasteiger partial charge in [0, 0.05) is 6.54 Å². The molecule has 4 nitrogen and oxygen atoms in total. The molecule has 1 heterocycles. The van der Waals surface area contributed by atoms with Crippen molar-refractivity contribution in [2.24, 2.45) is 11.3 Å². The Morgan fingerprint density at radius 2 is 2.29 bits per heavy atom. The number of nitrogens with one attached hydrogen (secondary N) is 1. The molecule has 0 spiro atoms. The second kappa shape index (κ2) is 4.45. The van der Waals surface area contributed by atoms with E-state index in [4.69, 9.17) is 5.11 Å². The molecule has 2 N–H and O–H groups in total. The van der Waals surface area contributed by atoms with Crippen LogP contribution in [0.15, 0.2) is 18.2 Å². The number of carboxylic acid groups (broad SMARTS) is 1. The zero-order chi connectivity index (χ0) is 12.5. The van der Waals surface area contributed by atoms with Gasteiger partial charge in [0.2, 0.25) is 0 Å². The number of carbonyl (C=O) groups is 1. The van der Waals surface area contributed by atoms with Gasteiger partial charge in [0.15, 0.2) is 0 Å². The van der Waals surface area contributed by atoms with Crippen LogP contribution in [0.5, 0.6) is 0 Å². The van der Waals surface area contributed by atoms with Crippen molar-refractivity contribution in [2.45, 2.75) is 26.8 Å². The molecule has 1 saturated carbocycles. The Morgan fingerprint density at radius 1 is 1.59 bits per heavy atom. The highest BCUT2D eigenvalue weighted by Crippen LogP contribution is 2.50. The molecule has 0 aliphatic heterocycles. The van der Waals surface area contributed by atoms with Gasteiger partial charge in [-0.15, -0.1) is 0 Å². The first kappa shape index (κ1) is 12.0. The maximum atomic E-state index is 10.7. The van der Waals surface area contributed by atoms with Crippen LogP contribution in [0, 0.1) is 11.3 Å². The van der Waals surface area contributed by atoms with Crippen molar-refractivity contribution < 1.29 is 9.90 Å². The van der Waals surface area contributed by atoms with E-state index < -0.39 is 5.97 Å². The Morgan fingerprint density at radius 3 is 2.88 bits per heavy atom. The molecule has 2 rings (SSSR count). The molecule has 1 atom stereocenters. The second-order valence-electron chi connectivity index (χ2n) is 5.34. The van der Waals surface area contributed by atoms with Crippen molar-refractivity contribution in [3.63, 3.8) is 0 Å². The highest BCUT2D eigenvalue weighted by atomic mass is 16.4. The average molecular weight is 234 g/mol. The summed E-state index contributed by atoms with van der Waals surface area (Å²) < 4.78 is 0. The van der Waals surface area contributed by atoms with E-state index in [0.29, 0.717) is 12.0 Å². The second-order valence-corrected chi connectivity index (χ2v) is 5.34. The molecule has 0 saturated heterocycles. The number of carboxylic acids is 1. The van der Waals surface area contributed by atoms with E-state index >= 15 is 0 Å². The van der Waals surface area contributed by atoms with Crippen molar-refractivity contribution in [3.8, 4) is 0 Å². The number of hydrogen-bond acceptors (Lipinski definition) is 3. The Kier molecular flexibility index (Phi) is 3.15. The summed E-state index contributed by atoms with van der Waals surface area (Å²) in [5.41, 5.74) is 1.36. The van der Waals surface area contributed by atoms with Gasteiger partial charge in [0.1, 0.15) is 5.69 Å². The lowest BCUT2D eigenvalue weighted by Gasteiger charge is -2.06. The average Bonchev–Trinajstić information content (AvgIpc) is 2.87. The molecule has 0 amide bonds. The third-order valence-corrected chi connectivity index (χ3v) is 3.44. The van der Waals surface area contributed by atoms with Gasteiger partial charge in [-0.25, -0.2) is 9.78 Å². The standard InChI is InChI=1S/C13H18N2O2/c1-13(2)6-9(13)7-14-8-10-4-3-5-11(15-10)12(16)17/h3-5,9,14H,6-8H2,1-2H3,(H,16,17). The molecule has 1 fully saturated rings. The van der Waals surface area contributed by atoms with Crippen molar-refractivity contribution in [3.05, 3.63) is 29.6 Å². The minimum atomic E-state index is -0.977. The van der Waals surface area contributed by atoms with Crippen LogP contribution < -0.4 is 5.32 Å². The summed E-state index contributed by atoms with van der Waals surface area (Å²) in [6, 6.07) is 5.09. The van der Waals surface area contributed by atoms with Gasteiger partial charge in [-0.1, -0.05) is 19.9 Å². The van der Waals surface area contributed by atoms with Gasteiger partial charge in [-0.3, -0.25) is 0 Å². The summed E-state index contributed by atoms with van der Waals surface area (Å²) in [5.74, 6) is -0.236. The smallest absolute Gasteiger partial charge is 0.354 e. The van der Waals surface area contributed by atoms with Crippen LogP contribution in [0.4, 0.5) is 0 Å². The molecule has 0 aromatic carbocycles. The Hall–Kier alpha value is -1.42. The molecule has 0 radical (unpaired) electrons. The molecule has 1 aromatic rings. The Balaban J connectivity index is 1.83. The van der Waals surface area contributed by atoms with Gasteiger partial charge in [0.25, 0.3) is 0 Å². The topological polar surface area (TPSA) is 62.2 Å². The quantitative estimate of drug-likeness (QED) is 0.817. The summed E-state index contributed by atoms with van der Waals surface area (Å²) in [6.45, 7) is 6.14. The van der Waals surface area contributed by atoms with Gasteiger partial charge in [-0.2, -0.15) is 0 Å². The first-order valence-corrected chi connectivity index (χ1v) is 5.89. The Labute approximate surface area is 101 Å². The molecule has 1 aliphatic rings. The molecule has 1 unspecified atom stereocenters. The van der Waals surface area contributed by atoms with Gasteiger partial charge < -0.3 is 10.4 Å². The lowest BCUT2D eigenvalue weighted by molar-refractivity contribution is 0.0690. The number of aromatic nitrogens is 1. The minimum absolute atomic E-state index is 0.107. The highest BCUT2D eigenvalue weighted by Gasteiger charge is 2.44. The normalized spacial score (nSPS) is 21.2. The van der Waals surface area contributed by atoms with Gasteiger partial charge >= 0.3 is 5.97 Å². The number of aromatic carboxylic acids is 1. The lowest BCUT2D eigenvalue weighted by Crippen LogP contribution is -2.19. The summed E-state index contributed by atoms with van der Waals surface area (Å²) in [4.78, 5) is 14.8. The van der Waals surface area contributed by atoms with E-state index in [1.165, 1.54) is 12.5 Å². The molecular formula is C13H18N2O2. The fourth-order valence-corrected chi connectivity index (χ4v) is 2.00. The van der Waals surface area contributed by atoms with Crippen LogP contribution in [-0.2, 0) is 6.54 Å². The zero-order valence-electron chi connectivity index (χ0n) is 10.2. The summed E-state index contributed by atoms with van der Waals surface area (Å²) >= 11 is 0. The van der Waals surface area contributed by atoms with Gasteiger partial charge in [-0.05, 0) is 36.4 Å². The van der Waals surface area contributed by atoms with Crippen LogP contribution >= 0.6 is 0 Å². The summed E-state index contributed by atoms with van der Waals surface area (Å²) in [6.07, 6.45) is 1.27. The van der Waals surface area contributed by atoms with Crippen LogP contribution in [0.1, 0.15) is 36.5 Å². The number of rotatable bonds is 5. The fourth-order valence-electron chi connectivity index (χ4n) is 2.00. The molecule has 4 heteroatoms. The summed E-state index contributed by atoms with van der Waals surface area (Å²) in [7, 11) is 0. The molecular weight excluding hydrogens is 216 g/mol. The van der Waals surface area contributed by atoms with E-state index in [0.717, 1.165) is 18.2 Å². The van der Waals surface area contributed by atoms with Crippen LogP contribution in [-0.4, -0.2) is 22.6 Å². The first-order valence-electron chi connectivity index (χ1n) is 5.89. The first-order chi connectivity index (χ1) is 7.99. The molecule has 0 bridgehead atoms. The Bertz CT molecular complexity index is 429. The predicted octanol–water partition coefficient (Wildman–Crippen LogP) is 1.92. The van der Waals surface area contributed by atoms with E-state index in [-0.39, 0.29) is 5.69 Å². The van der Waals surface area contributed by atoms with Gasteiger partial charge in [0.05, 0.1) is 5.69 Å². The number of hydrogen-bond donors (Lipinski definition) is 2.